The molecule has 3 aromatic rings. The first kappa shape index (κ1) is 17.5. The Balaban J connectivity index is 1.90. The smallest absolute Gasteiger partial charge is 0.328 e. The molecule has 1 aliphatic rings. The Labute approximate surface area is 160 Å². The van der Waals surface area contributed by atoms with Crippen LogP contribution in [0.15, 0.2) is 75.3 Å². The molecule has 0 unspecified atom stereocenters. The molecule has 0 bridgehead atoms. The van der Waals surface area contributed by atoms with Gasteiger partial charge in [0.25, 0.3) is 5.56 Å². The molecule has 0 saturated heterocycles. The van der Waals surface area contributed by atoms with Crippen LogP contribution in [0.2, 0.25) is 0 Å². The van der Waals surface area contributed by atoms with Crippen LogP contribution in [0.5, 0.6) is 5.88 Å². The molecule has 0 fully saturated rings. The highest BCUT2D eigenvalue weighted by atomic mass is 16.3. The van der Waals surface area contributed by atoms with Crippen molar-refractivity contribution in [1.29, 1.82) is 0 Å². The van der Waals surface area contributed by atoms with Gasteiger partial charge in [-0.1, -0.05) is 60.2 Å². The van der Waals surface area contributed by atoms with Crippen LogP contribution in [0, 0.1) is 6.92 Å². The van der Waals surface area contributed by atoms with E-state index < -0.39 is 17.1 Å². The number of aromatic hydroxyl groups is 1. The topological polar surface area (TPSA) is 98.3 Å². The Morgan fingerprint density at radius 2 is 1.79 bits per heavy atom. The summed E-state index contributed by atoms with van der Waals surface area (Å²) in [6.07, 6.45) is 5.34. The molecule has 138 valence electrons. The Morgan fingerprint density at radius 1 is 1.04 bits per heavy atom. The van der Waals surface area contributed by atoms with Crippen molar-refractivity contribution in [3.63, 3.8) is 0 Å². The maximum Gasteiger partial charge on any atom is 0.328 e. The third kappa shape index (κ3) is 3.23. The van der Waals surface area contributed by atoms with Gasteiger partial charge >= 0.3 is 5.69 Å². The first-order chi connectivity index (χ1) is 13.5. The van der Waals surface area contributed by atoms with E-state index >= 15 is 0 Å². The van der Waals surface area contributed by atoms with Crippen molar-refractivity contribution in [1.82, 2.24) is 9.97 Å². The minimum atomic E-state index is -0.760. The van der Waals surface area contributed by atoms with E-state index in [1.165, 1.54) is 0 Å². The van der Waals surface area contributed by atoms with Crippen LogP contribution in [0.4, 0.5) is 5.69 Å². The van der Waals surface area contributed by atoms with Gasteiger partial charge in [0.2, 0.25) is 5.88 Å². The highest BCUT2D eigenvalue weighted by Crippen LogP contribution is 2.32. The zero-order chi connectivity index (χ0) is 19.7. The van der Waals surface area contributed by atoms with E-state index in [0.29, 0.717) is 5.57 Å². The molecule has 2 heterocycles. The minimum absolute atomic E-state index is 0.00326. The molecule has 0 atom stereocenters. The van der Waals surface area contributed by atoms with Crippen LogP contribution in [0.1, 0.15) is 22.3 Å². The maximum absolute atomic E-state index is 12.4. The number of benzene rings is 2. The Hall–Kier alpha value is -3.93. The highest BCUT2D eigenvalue weighted by molar-refractivity contribution is 6.17. The van der Waals surface area contributed by atoms with Gasteiger partial charge in [-0.05, 0) is 24.1 Å². The SMILES string of the molecule is Cc1ccc(/C(=C\C=C2/C=Nc3ccccc32)c2c(O)[nH]c(=O)[nH]c2=O)cc1. The van der Waals surface area contributed by atoms with Gasteiger partial charge in [0.15, 0.2) is 0 Å². The number of fused-ring (bicyclic) bond motifs is 1. The Kier molecular flexibility index (Phi) is 4.37. The number of aromatic nitrogens is 2. The molecule has 6 heteroatoms. The third-order valence-corrected chi connectivity index (χ3v) is 4.54. The van der Waals surface area contributed by atoms with Crippen molar-refractivity contribution in [3.05, 3.63) is 104 Å². The second kappa shape index (κ2) is 7.00. The zero-order valence-corrected chi connectivity index (χ0v) is 15.1. The fraction of sp³-hybridized carbons (Fsp3) is 0.0455. The standard InChI is InChI=1S/C22H17N3O3/c1-13-6-8-14(9-7-13)17(19-20(26)24-22(28)25-21(19)27)11-10-15-12-23-18-5-3-2-4-16(15)18/h2-12H,1H3,(H3,24,25,26,27,28)/b15-10+,17-11+. The predicted octanol–water partition coefficient (Wildman–Crippen LogP) is 3.31. The summed E-state index contributed by atoms with van der Waals surface area (Å²) in [5.41, 5.74) is 3.63. The molecule has 2 aromatic carbocycles. The van der Waals surface area contributed by atoms with E-state index in [4.69, 9.17) is 0 Å². The molecule has 0 spiro atoms. The van der Waals surface area contributed by atoms with Gasteiger partial charge in [-0.15, -0.1) is 0 Å². The summed E-state index contributed by atoms with van der Waals surface area (Å²) in [6.45, 7) is 1.96. The second-order valence-electron chi connectivity index (χ2n) is 6.48. The quantitative estimate of drug-likeness (QED) is 0.659. The number of H-pyrrole nitrogens is 2. The van der Waals surface area contributed by atoms with E-state index in [1.807, 2.05) is 61.5 Å². The van der Waals surface area contributed by atoms with E-state index in [2.05, 4.69) is 15.0 Å². The van der Waals surface area contributed by atoms with Crippen molar-refractivity contribution < 1.29 is 5.11 Å². The van der Waals surface area contributed by atoms with Crippen LogP contribution >= 0.6 is 0 Å². The lowest BCUT2D eigenvalue weighted by molar-refractivity contribution is 0.446. The number of rotatable bonds is 3. The average Bonchev–Trinajstić information content (AvgIpc) is 3.08. The number of hydrogen-bond acceptors (Lipinski definition) is 4. The molecule has 0 radical (unpaired) electrons. The summed E-state index contributed by atoms with van der Waals surface area (Å²) >= 11 is 0. The number of nitrogens with zero attached hydrogens (tertiary/aromatic N) is 1. The molecule has 6 nitrogen and oxygen atoms in total. The molecular weight excluding hydrogens is 354 g/mol. The number of aryl methyl sites for hydroxylation is 1. The summed E-state index contributed by atoms with van der Waals surface area (Å²) in [6, 6.07) is 15.3. The van der Waals surface area contributed by atoms with Crippen molar-refractivity contribution in [2.75, 3.05) is 0 Å². The molecule has 0 saturated carbocycles. The predicted molar refractivity (Wildman–Crippen MR) is 110 cm³/mol. The second-order valence-corrected chi connectivity index (χ2v) is 6.48. The first-order valence-electron chi connectivity index (χ1n) is 8.71. The van der Waals surface area contributed by atoms with Gasteiger partial charge < -0.3 is 5.11 Å². The van der Waals surface area contributed by atoms with Crippen LogP contribution in [0.3, 0.4) is 0 Å². The fourth-order valence-corrected chi connectivity index (χ4v) is 3.13. The normalized spacial score (nSPS) is 14.5. The van der Waals surface area contributed by atoms with Gasteiger partial charge in [-0.2, -0.15) is 0 Å². The number of nitrogens with one attached hydrogen (secondary N) is 2. The third-order valence-electron chi connectivity index (χ3n) is 4.54. The van der Waals surface area contributed by atoms with E-state index in [-0.39, 0.29) is 5.56 Å². The largest absolute Gasteiger partial charge is 0.494 e. The maximum atomic E-state index is 12.4. The first-order valence-corrected chi connectivity index (χ1v) is 8.71. The molecule has 4 rings (SSSR count). The van der Waals surface area contributed by atoms with Gasteiger partial charge in [0, 0.05) is 17.4 Å². The molecular formula is C22H17N3O3. The summed E-state index contributed by atoms with van der Waals surface area (Å²) in [7, 11) is 0. The van der Waals surface area contributed by atoms with Gasteiger partial charge in [0.1, 0.15) is 5.56 Å². The van der Waals surface area contributed by atoms with Crippen molar-refractivity contribution in [2.45, 2.75) is 6.92 Å². The molecule has 3 N–H and O–H groups in total. The van der Waals surface area contributed by atoms with Crippen LogP contribution in [-0.4, -0.2) is 21.3 Å². The Bertz CT molecular complexity index is 1260. The summed E-state index contributed by atoms with van der Waals surface area (Å²) in [5, 5.41) is 10.2. The Morgan fingerprint density at radius 3 is 2.54 bits per heavy atom. The van der Waals surface area contributed by atoms with Gasteiger partial charge in [-0.25, -0.2) is 4.79 Å². The number of aliphatic imine (C=N–C) groups is 1. The highest BCUT2D eigenvalue weighted by Gasteiger charge is 2.16. The van der Waals surface area contributed by atoms with Gasteiger partial charge in [-0.3, -0.25) is 19.8 Å². The van der Waals surface area contributed by atoms with Gasteiger partial charge in [0.05, 0.1) is 5.69 Å². The molecule has 1 aliphatic heterocycles. The molecule has 0 amide bonds. The summed E-state index contributed by atoms with van der Waals surface area (Å²) in [5.74, 6) is -0.473. The summed E-state index contributed by atoms with van der Waals surface area (Å²) < 4.78 is 0. The number of allylic oxidation sites excluding steroid dienone is 3. The molecule has 0 aliphatic carbocycles. The van der Waals surface area contributed by atoms with E-state index in [1.54, 1.807) is 12.3 Å². The number of aromatic amines is 2. The van der Waals surface area contributed by atoms with Crippen molar-refractivity contribution in [2.24, 2.45) is 4.99 Å². The van der Waals surface area contributed by atoms with Crippen LogP contribution in [-0.2, 0) is 0 Å². The monoisotopic (exact) mass is 371 g/mol. The van der Waals surface area contributed by atoms with E-state index in [9.17, 15) is 14.7 Å². The fourth-order valence-electron chi connectivity index (χ4n) is 3.13. The minimum Gasteiger partial charge on any atom is -0.494 e. The lowest BCUT2D eigenvalue weighted by Crippen LogP contribution is -2.24. The van der Waals surface area contributed by atoms with Crippen LogP contribution in [0.25, 0.3) is 11.1 Å². The zero-order valence-electron chi connectivity index (χ0n) is 15.1. The van der Waals surface area contributed by atoms with Crippen molar-refractivity contribution in [3.8, 4) is 5.88 Å². The van der Waals surface area contributed by atoms with Crippen molar-refractivity contribution >= 4 is 23.0 Å². The number of hydrogen-bond donors (Lipinski definition) is 3. The molecule has 28 heavy (non-hydrogen) atoms. The van der Waals surface area contributed by atoms with E-state index in [0.717, 1.165) is 28.0 Å². The summed E-state index contributed by atoms with van der Waals surface area (Å²) in [4.78, 5) is 32.7. The molecule has 1 aromatic heterocycles. The van der Waals surface area contributed by atoms with Crippen LogP contribution < -0.4 is 11.2 Å². The lowest BCUT2D eigenvalue weighted by atomic mass is 9.97. The lowest BCUT2D eigenvalue weighted by Gasteiger charge is -2.09. The average molecular weight is 371 g/mol. The number of para-hydroxylation sites is 1.